The number of aliphatic hydroxyl groups is 1. The van der Waals surface area contributed by atoms with Gasteiger partial charge in [-0.25, -0.2) is 4.98 Å². The summed E-state index contributed by atoms with van der Waals surface area (Å²) >= 11 is 0. The van der Waals surface area contributed by atoms with Gasteiger partial charge in [-0.05, 0) is 29.8 Å². The number of nitrogens with zero attached hydrogens (tertiary/aromatic N) is 3. The van der Waals surface area contributed by atoms with Crippen LogP contribution < -0.4 is 0 Å². The summed E-state index contributed by atoms with van der Waals surface area (Å²) in [4.78, 5) is 19.0. The van der Waals surface area contributed by atoms with E-state index in [0.717, 1.165) is 0 Å². The van der Waals surface area contributed by atoms with Gasteiger partial charge in [-0.15, -0.1) is 0 Å². The second-order valence-corrected chi connectivity index (χ2v) is 4.50. The maximum Gasteiger partial charge on any atom is 0.271 e. The van der Waals surface area contributed by atoms with E-state index < -0.39 is 4.92 Å². The van der Waals surface area contributed by atoms with Crippen LogP contribution in [0.2, 0.25) is 0 Å². The highest BCUT2D eigenvalue weighted by Gasteiger charge is 2.12. The Balaban J connectivity index is 2.26. The molecule has 21 heavy (non-hydrogen) atoms. The summed E-state index contributed by atoms with van der Waals surface area (Å²) < 4.78 is 0. The zero-order valence-corrected chi connectivity index (χ0v) is 10.9. The number of nitro benzene ring substituents is 1. The molecule has 1 N–H and O–H groups in total. The van der Waals surface area contributed by atoms with E-state index in [1.807, 2.05) is 6.07 Å². The molecule has 0 amide bonds. The van der Waals surface area contributed by atoms with Crippen LogP contribution in [0.1, 0.15) is 5.56 Å². The zero-order valence-electron chi connectivity index (χ0n) is 10.9. The number of non-ortho nitro benzene ring substituents is 1. The Morgan fingerprint density at radius 1 is 1.14 bits per heavy atom. The van der Waals surface area contributed by atoms with Crippen molar-refractivity contribution in [3.63, 3.8) is 0 Å². The lowest BCUT2D eigenvalue weighted by atomic mass is 10.1. The van der Waals surface area contributed by atoms with Gasteiger partial charge in [-0.3, -0.25) is 15.1 Å². The van der Waals surface area contributed by atoms with E-state index >= 15 is 0 Å². The van der Waals surface area contributed by atoms with Gasteiger partial charge in [0.05, 0.1) is 28.4 Å². The third kappa shape index (κ3) is 2.44. The van der Waals surface area contributed by atoms with E-state index in [1.54, 1.807) is 30.5 Å². The minimum atomic E-state index is -0.465. The number of fused-ring (bicyclic) bond motifs is 1. The molecule has 0 unspecified atom stereocenters. The van der Waals surface area contributed by atoms with Gasteiger partial charge in [0, 0.05) is 23.7 Å². The average Bonchev–Trinajstić information content (AvgIpc) is 2.54. The van der Waals surface area contributed by atoms with Crippen molar-refractivity contribution in [2.45, 2.75) is 6.61 Å². The maximum atomic E-state index is 10.9. The van der Waals surface area contributed by atoms with Crippen LogP contribution in [-0.4, -0.2) is 20.0 Å². The number of aromatic nitrogens is 2. The summed E-state index contributed by atoms with van der Waals surface area (Å²) in [5, 5.41) is 21.1. The molecule has 6 heteroatoms. The molecule has 0 saturated carbocycles. The first kappa shape index (κ1) is 13.1. The molecular formula is C15H11N3O3. The Labute approximate surface area is 119 Å². The van der Waals surface area contributed by atoms with Crippen LogP contribution in [0.25, 0.3) is 22.3 Å². The lowest BCUT2D eigenvalue weighted by molar-refractivity contribution is -0.384. The van der Waals surface area contributed by atoms with E-state index in [2.05, 4.69) is 9.97 Å². The molecule has 2 aromatic heterocycles. The number of hydrogen-bond acceptors (Lipinski definition) is 5. The summed E-state index contributed by atoms with van der Waals surface area (Å²) in [6, 6.07) is 11.6. The predicted molar refractivity (Wildman–Crippen MR) is 77.6 cm³/mol. The minimum Gasteiger partial charge on any atom is -0.392 e. The molecule has 1 aromatic carbocycles. The molecule has 6 nitrogen and oxygen atoms in total. The van der Waals surface area contributed by atoms with Crippen molar-refractivity contribution in [1.82, 2.24) is 9.97 Å². The van der Waals surface area contributed by atoms with Crippen LogP contribution in [0.4, 0.5) is 5.69 Å². The number of benzene rings is 1. The van der Waals surface area contributed by atoms with Gasteiger partial charge < -0.3 is 5.11 Å². The van der Waals surface area contributed by atoms with Crippen molar-refractivity contribution in [2.75, 3.05) is 0 Å². The fourth-order valence-corrected chi connectivity index (χ4v) is 2.18. The van der Waals surface area contributed by atoms with Crippen LogP contribution in [-0.2, 0) is 6.61 Å². The lowest BCUT2D eigenvalue weighted by Crippen LogP contribution is -1.95. The highest BCUT2D eigenvalue weighted by Crippen LogP contribution is 2.26. The van der Waals surface area contributed by atoms with Crippen molar-refractivity contribution in [3.05, 3.63) is 64.3 Å². The summed E-state index contributed by atoms with van der Waals surface area (Å²) in [5.41, 5.74) is 2.33. The highest BCUT2D eigenvalue weighted by molar-refractivity contribution is 5.86. The number of nitro groups is 1. The molecule has 0 aliphatic rings. The van der Waals surface area contributed by atoms with Gasteiger partial charge in [-0.1, -0.05) is 6.07 Å². The molecule has 0 aliphatic heterocycles. The number of hydrogen-bond donors (Lipinski definition) is 1. The van der Waals surface area contributed by atoms with E-state index in [4.69, 9.17) is 0 Å². The Kier molecular flexibility index (Phi) is 3.29. The molecule has 104 valence electrons. The molecule has 3 rings (SSSR count). The maximum absolute atomic E-state index is 10.9. The average molecular weight is 281 g/mol. The van der Waals surface area contributed by atoms with Gasteiger partial charge in [-0.2, -0.15) is 0 Å². The Morgan fingerprint density at radius 2 is 2.00 bits per heavy atom. The second kappa shape index (κ2) is 5.26. The van der Waals surface area contributed by atoms with Crippen LogP contribution in [0, 0.1) is 10.1 Å². The van der Waals surface area contributed by atoms with Gasteiger partial charge >= 0.3 is 0 Å². The van der Waals surface area contributed by atoms with Crippen LogP contribution >= 0.6 is 0 Å². The number of pyridine rings is 2. The molecule has 2 heterocycles. The van der Waals surface area contributed by atoms with E-state index in [0.29, 0.717) is 27.9 Å². The summed E-state index contributed by atoms with van der Waals surface area (Å²) in [7, 11) is 0. The Morgan fingerprint density at radius 3 is 2.67 bits per heavy atom. The van der Waals surface area contributed by atoms with Crippen molar-refractivity contribution in [2.24, 2.45) is 0 Å². The van der Waals surface area contributed by atoms with E-state index in [-0.39, 0.29) is 12.3 Å². The monoisotopic (exact) mass is 281 g/mol. The lowest BCUT2D eigenvalue weighted by Gasteiger charge is -2.07. The highest BCUT2D eigenvalue weighted by atomic mass is 16.6. The Bertz CT molecular complexity index is 819. The van der Waals surface area contributed by atoms with Crippen molar-refractivity contribution < 1.29 is 10.0 Å². The quantitative estimate of drug-likeness (QED) is 0.589. The fourth-order valence-electron chi connectivity index (χ4n) is 2.18. The minimum absolute atomic E-state index is 0.0305. The normalized spacial score (nSPS) is 10.7. The van der Waals surface area contributed by atoms with Gasteiger partial charge in [0.25, 0.3) is 5.69 Å². The molecule has 0 radical (unpaired) electrons. The molecule has 0 bridgehead atoms. The fraction of sp³-hybridized carbons (Fsp3) is 0.0667. The van der Waals surface area contributed by atoms with Crippen molar-refractivity contribution in [3.8, 4) is 11.4 Å². The van der Waals surface area contributed by atoms with E-state index in [9.17, 15) is 15.2 Å². The van der Waals surface area contributed by atoms with Gasteiger partial charge in [0.1, 0.15) is 0 Å². The SMILES string of the molecule is O=[N+]([O-])c1ccc2c(CO)cc(-c3ccccn3)nc2c1. The van der Waals surface area contributed by atoms with Gasteiger partial charge in [0.15, 0.2) is 0 Å². The first-order valence-corrected chi connectivity index (χ1v) is 6.29. The number of aliphatic hydroxyl groups excluding tert-OH is 1. The smallest absolute Gasteiger partial charge is 0.271 e. The van der Waals surface area contributed by atoms with Crippen molar-refractivity contribution in [1.29, 1.82) is 0 Å². The molecule has 3 aromatic rings. The molecular weight excluding hydrogens is 270 g/mol. The summed E-state index contributed by atoms with van der Waals surface area (Å²) in [6.07, 6.45) is 1.65. The van der Waals surface area contributed by atoms with E-state index in [1.165, 1.54) is 12.1 Å². The molecule has 0 atom stereocenters. The number of rotatable bonds is 3. The predicted octanol–water partition coefficient (Wildman–Crippen LogP) is 2.70. The zero-order chi connectivity index (χ0) is 14.8. The first-order chi connectivity index (χ1) is 10.2. The second-order valence-electron chi connectivity index (χ2n) is 4.50. The Hall–Kier alpha value is -2.86. The van der Waals surface area contributed by atoms with Crippen LogP contribution in [0.3, 0.4) is 0 Å². The van der Waals surface area contributed by atoms with Gasteiger partial charge in [0.2, 0.25) is 0 Å². The molecule has 0 fully saturated rings. The molecule has 0 aliphatic carbocycles. The third-order valence-electron chi connectivity index (χ3n) is 3.19. The topological polar surface area (TPSA) is 89.2 Å². The largest absolute Gasteiger partial charge is 0.392 e. The van der Waals surface area contributed by atoms with Crippen molar-refractivity contribution >= 4 is 16.6 Å². The first-order valence-electron chi connectivity index (χ1n) is 6.29. The van der Waals surface area contributed by atoms with Crippen LogP contribution in [0.5, 0.6) is 0 Å². The molecule has 0 spiro atoms. The standard InChI is InChI=1S/C15H11N3O3/c19-9-10-7-15(13-3-1-2-6-16-13)17-14-8-11(18(20)21)4-5-12(10)14/h1-8,19H,9H2. The summed E-state index contributed by atoms with van der Waals surface area (Å²) in [6.45, 7) is -0.170. The third-order valence-corrected chi connectivity index (χ3v) is 3.19. The molecule has 0 saturated heterocycles. The summed E-state index contributed by atoms with van der Waals surface area (Å²) in [5.74, 6) is 0. The van der Waals surface area contributed by atoms with Crippen LogP contribution in [0.15, 0.2) is 48.7 Å².